The van der Waals surface area contributed by atoms with Crippen LogP contribution in [0.1, 0.15) is 132 Å². The highest BCUT2D eigenvalue weighted by Crippen LogP contribution is 2.07. The fourth-order valence-corrected chi connectivity index (χ4v) is 2.46. The van der Waals surface area contributed by atoms with E-state index in [0.29, 0.717) is 0 Å². The Balaban J connectivity index is -0.0000000464. The molecule has 0 amide bonds. The van der Waals surface area contributed by atoms with Crippen LogP contribution >= 0.6 is 0 Å². The Bertz CT molecular complexity index is 790. The molecule has 0 nitrogen and oxygen atoms in total. The third-order valence-electron chi connectivity index (χ3n) is 3.74. The molecule has 2 aromatic carbocycles. The van der Waals surface area contributed by atoms with Gasteiger partial charge in [0.2, 0.25) is 0 Å². The number of aryl methyl sites for hydroxylation is 2. The van der Waals surface area contributed by atoms with Crippen LogP contribution in [-0.2, 0) is 25.7 Å². The van der Waals surface area contributed by atoms with Gasteiger partial charge >= 0.3 is 0 Å². The molecule has 0 heteroatoms. The molecule has 0 fully saturated rings. The summed E-state index contributed by atoms with van der Waals surface area (Å²) >= 11 is 0. The zero-order valence-electron chi connectivity index (χ0n) is 35.1. The minimum atomic E-state index is 0.742. The maximum atomic E-state index is 5.21. The van der Waals surface area contributed by atoms with Gasteiger partial charge in [-0.15, -0.1) is 90.5 Å². The Morgan fingerprint density at radius 3 is 0.708 bits per heavy atom. The van der Waals surface area contributed by atoms with E-state index >= 15 is 0 Å². The normalized spacial score (nSPS) is 6.58. The predicted octanol–water partition coefficient (Wildman–Crippen LogP) is 16.1. The van der Waals surface area contributed by atoms with Gasteiger partial charge in [0.25, 0.3) is 0 Å². The predicted molar refractivity (Wildman–Crippen MR) is 237 cm³/mol. The smallest absolute Gasteiger partial charge is 0.0337 e. The first-order valence-corrected chi connectivity index (χ1v) is 17.5. The van der Waals surface area contributed by atoms with Gasteiger partial charge in [-0.3, -0.25) is 0 Å². The Hall–Kier alpha value is -4.00. The summed E-state index contributed by atoms with van der Waals surface area (Å²) in [7, 11) is 0. The van der Waals surface area contributed by atoms with Gasteiger partial charge < -0.3 is 0 Å². The van der Waals surface area contributed by atoms with E-state index in [4.69, 9.17) is 12.8 Å². The molecule has 0 aliphatic heterocycles. The third kappa shape index (κ3) is 90.1. The van der Waals surface area contributed by atoms with Crippen molar-refractivity contribution in [3.05, 3.63) is 148 Å². The molecule has 0 saturated carbocycles. The van der Waals surface area contributed by atoms with Crippen molar-refractivity contribution in [3.8, 4) is 24.7 Å². The molecular weight excluding hydrogens is 577 g/mol. The maximum Gasteiger partial charge on any atom is 0.0337 e. The third-order valence-corrected chi connectivity index (χ3v) is 3.74. The number of hydrogen-bond acceptors (Lipinski definition) is 0. The lowest BCUT2D eigenvalue weighted by Gasteiger charge is -1.99. The van der Waals surface area contributed by atoms with Crippen LogP contribution in [0.2, 0.25) is 0 Å². The molecule has 0 unspecified atom stereocenters. The number of benzene rings is 2. The first-order valence-electron chi connectivity index (χ1n) is 17.5. The Kier molecular flexibility index (Phi) is 124. The van der Waals surface area contributed by atoms with E-state index in [1.807, 2.05) is 83.1 Å². The first kappa shape index (κ1) is 70.4. The molecule has 0 bridgehead atoms. The molecule has 0 aromatic heterocycles. The van der Waals surface area contributed by atoms with Gasteiger partial charge in [0.1, 0.15) is 0 Å². The van der Waals surface area contributed by atoms with Crippen molar-refractivity contribution in [2.24, 2.45) is 0 Å². The quantitative estimate of drug-likeness (QED) is 0.214. The highest BCUT2D eigenvalue weighted by atomic mass is 14.0. The van der Waals surface area contributed by atoms with E-state index in [-0.39, 0.29) is 0 Å². The van der Waals surface area contributed by atoms with Crippen LogP contribution < -0.4 is 0 Å². The summed E-state index contributed by atoms with van der Waals surface area (Å²) in [6.07, 6.45) is 16.6. The molecule has 0 spiro atoms. The van der Waals surface area contributed by atoms with E-state index in [2.05, 4.69) is 140 Å². The van der Waals surface area contributed by atoms with Gasteiger partial charge in [0.05, 0.1) is 0 Å². The lowest BCUT2D eigenvalue weighted by Crippen LogP contribution is -1.85. The monoisotopic (exact) mass is 661 g/mol. The van der Waals surface area contributed by atoms with Crippen LogP contribution in [0, 0.1) is 24.7 Å². The van der Waals surface area contributed by atoms with Crippen LogP contribution in [0.4, 0.5) is 0 Å². The van der Waals surface area contributed by atoms with Crippen LogP contribution in [0.3, 0.4) is 0 Å². The number of hydrogen-bond donors (Lipinski definition) is 0. The lowest BCUT2D eigenvalue weighted by molar-refractivity contribution is 0.921. The molecule has 0 saturated heterocycles. The standard InChI is InChI=1S/2C12H14.2C4H8.4C2H6.4C2H4/c2*1-3-5-11-7-9-12(6-4-2)10-8-11;2*1-4(2)3;8*1-2/h2*1,7-10H,4-6H2,2H3;2*1H2,2-3H3;4*1-2H3;4*1-2H2. The van der Waals surface area contributed by atoms with Crippen molar-refractivity contribution in [2.75, 3.05) is 0 Å². The molecule has 0 atom stereocenters. The Morgan fingerprint density at radius 1 is 0.438 bits per heavy atom. The second-order valence-electron chi connectivity index (χ2n) is 8.31. The zero-order chi connectivity index (χ0) is 40.8. The molecule has 276 valence electrons. The maximum absolute atomic E-state index is 5.21. The number of rotatable bonds is 6. The van der Waals surface area contributed by atoms with Crippen molar-refractivity contribution < 1.29 is 0 Å². The topological polar surface area (TPSA) is 0 Å². The largest absolute Gasteiger partial charge is 0.120 e. The lowest BCUT2D eigenvalue weighted by atomic mass is 10.1. The molecule has 0 aliphatic carbocycles. The fourth-order valence-electron chi connectivity index (χ4n) is 2.46. The van der Waals surface area contributed by atoms with E-state index < -0.39 is 0 Å². The number of allylic oxidation sites excluding steroid dienone is 2. The minimum absolute atomic E-state index is 0.742. The van der Waals surface area contributed by atoms with Gasteiger partial charge in [0, 0.05) is 12.8 Å². The van der Waals surface area contributed by atoms with Gasteiger partial charge in [-0.05, 0) is 62.8 Å². The van der Waals surface area contributed by atoms with Gasteiger partial charge in [-0.2, -0.15) is 0 Å². The Labute approximate surface area is 307 Å². The molecule has 0 radical (unpaired) electrons. The van der Waals surface area contributed by atoms with Crippen LogP contribution in [0.15, 0.2) is 125 Å². The van der Waals surface area contributed by atoms with Gasteiger partial charge in [-0.1, -0.05) is 142 Å². The van der Waals surface area contributed by atoms with E-state index in [9.17, 15) is 0 Å². The van der Waals surface area contributed by atoms with E-state index in [1.54, 1.807) is 0 Å². The van der Waals surface area contributed by atoms with Crippen molar-refractivity contribution in [2.45, 2.75) is 135 Å². The molecule has 0 N–H and O–H groups in total. The highest BCUT2D eigenvalue weighted by molar-refractivity contribution is 5.26. The van der Waals surface area contributed by atoms with Crippen molar-refractivity contribution in [1.29, 1.82) is 0 Å². The Morgan fingerprint density at radius 2 is 0.583 bits per heavy atom. The molecule has 2 rings (SSSR count). The highest BCUT2D eigenvalue weighted by Gasteiger charge is 1.92. The molecule has 0 aliphatic rings. The summed E-state index contributed by atoms with van der Waals surface area (Å²) < 4.78 is 0. The summed E-state index contributed by atoms with van der Waals surface area (Å²) in [5, 5.41) is 0. The summed E-state index contributed by atoms with van der Waals surface area (Å²) in [4.78, 5) is 0. The minimum Gasteiger partial charge on any atom is -0.120 e. The summed E-state index contributed by atoms with van der Waals surface area (Å²) in [5.41, 5.74) is 7.60. The SMILES string of the molecule is C#CCc1ccc(CCC)cc1.C#CCc1ccc(CCC)cc1.C=C.C=C.C=C.C=C.C=C(C)C.C=C(C)C.CC.CC.CC.CC. The molecular formula is C48H84. The molecule has 0 heterocycles. The molecule has 2 aromatic rings. The van der Waals surface area contributed by atoms with Gasteiger partial charge in [-0.25, -0.2) is 0 Å². The summed E-state index contributed by atoms with van der Waals surface area (Å²) in [5.74, 6) is 5.27. The second-order valence-corrected chi connectivity index (χ2v) is 8.31. The average molecular weight is 661 g/mol. The van der Waals surface area contributed by atoms with E-state index in [1.165, 1.54) is 46.2 Å². The summed E-state index contributed by atoms with van der Waals surface area (Å²) in [6, 6.07) is 17.1. The van der Waals surface area contributed by atoms with Crippen LogP contribution in [0.25, 0.3) is 0 Å². The van der Waals surface area contributed by atoms with Crippen LogP contribution in [0.5, 0.6) is 0 Å². The molecule has 48 heavy (non-hydrogen) atoms. The summed E-state index contributed by atoms with van der Waals surface area (Å²) in [6.45, 7) is 59.4. The van der Waals surface area contributed by atoms with Crippen molar-refractivity contribution in [1.82, 2.24) is 0 Å². The zero-order valence-corrected chi connectivity index (χ0v) is 35.1. The van der Waals surface area contributed by atoms with Crippen molar-refractivity contribution in [3.63, 3.8) is 0 Å². The van der Waals surface area contributed by atoms with E-state index in [0.717, 1.165) is 25.7 Å². The second kappa shape index (κ2) is 84.3. The van der Waals surface area contributed by atoms with Crippen LogP contribution in [-0.4, -0.2) is 0 Å². The number of terminal acetylenes is 2. The van der Waals surface area contributed by atoms with Crippen molar-refractivity contribution >= 4 is 0 Å². The fraction of sp³-hybridized carbons (Fsp3) is 0.417. The first-order chi connectivity index (χ1) is 23.2. The van der Waals surface area contributed by atoms with Gasteiger partial charge in [0.15, 0.2) is 0 Å². The average Bonchev–Trinajstić information content (AvgIpc) is 3.14.